The van der Waals surface area contributed by atoms with Gasteiger partial charge in [0.15, 0.2) is 0 Å². The zero-order valence-electron chi connectivity index (χ0n) is 10.8. The van der Waals surface area contributed by atoms with Crippen molar-refractivity contribution in [3.63, 3.8) is 0 Å². The third-order valence-electron chi connectivity index (χ3n) is 3.98. The highest BCUT2D eigenvalue weighted by molar-refractivity contribution is 7.89. The van der Waals surface area contributed by atoms with Gasteiger partial charge in [-0.15, -0.1) is 0 Å². The van der Waals surface area contributed by atoms with Gasteiger partial charge in [0.25, 0.3) is 10.0 Å². The van der Waals surface area contributed by atoms with E-state index in [0.29, 0.717) is 24.9 Å². The molecule has 0 amide bonds. The quantitative estimate of drug-likeness (QED) is 0.858. The van der Waals surface area contributed by atoms with E-state index < -0.39 is 10.0 Å². The van der Waals surface area contributed by atoms with Gasteiger partial charge in [-0.3, -0.25) is 4.90 Å². The van der Waals surface area contributed by atoms with E-state index in [4.69, 9.17) is 10.2 Å². The number of hydrogen-bond donors (Lipinski definition) is 1. The molecule has 0 aliphatic carbocycles. The molecular weight excluding hydrogens is 266 g/mol. The van der Waals surface area contributed by atoms with E-state index >= 15 is 0 Å². The van der Waals surface area contributed by atoms with Crippen molar-refractivity contribution in [1.82, 2.24) is 9.21 Å². The van der Waals surface area contributed by atoms with Gasteiger partial charge in [0, 0.05) is 25.7 Å². The van der Waals surface area contributed by atoms with Crippen molar-refractivity contribution >= 4 is 10.0 Å². The van der Waals surface area contributed by atoms with Crippen LogP contribution < -0.4 is 5.73 Å². The molecule has 0 radical (unpaired) electrons. The second-order valence-electron chi connectivity index (χ2n) is 5.12. The van der Waals surface area contributed by atoms with Crippen LogP contribution in [-0.2, 0) is 16.6 Å². The summed E-state index contributed by atoms with van der Waals surface area (Å²) in [5.74, 6) is 0.498. The van der Waals surface area contributed by atoms with Crippen LogP contribution in [0.15, 0.2) is 21.6 Å². The largest absolute Gasteiger partial charge is 0.447 e. The number of sulfonamides is 1. The van der Waals surface area contributed by atoms with E-state index in [0.717, 1.165) is 25.9 Å². The lowest BCUT2D eigenvalue weighted by atomic mass is 10.2. The number of nitrogens with zero attached hydrogens (tertiary/aromatic N) is 2. The molecule has 1 unspecified atom stereocenters. The standard InChI is InChI=1S/C12H19N3O3S/c13-8-11-3-4-12(18-11)19(16,17)15-7-6-14-5-1-2-10(14)9-15/h3-4,10H,1-2,5-9,13H2. The maximum atomic E-state index is 12.5. The molecule has 1 aromatic rings. The lowest BCUT2D eigenvalue weighted by molar-refractivity contribution is 0.156. The fourth-order valence-corrected chi connectivity index (χ4v) is 4.31. The Balaban J connectivity index is 1.80. The minimum absolute atomic E-state index is 0.0133. The van der Waals surface area contributed by atoms with Crippen LogP contribution in [0.25, 0.3) is 0 Å². The first-order valence-corrected chi connectivity index (χ1v) is 8.08. The Labute approximate surface area is 113 Å². The average molecular weight is 285 g/mol. The smallest absolute Gasteiger partial charge is 0.276 e. The Kier molecular flexibility index (Phi) is 3.38. The molecule has 2 N–H and O–H groups in total. The monoisotopic (exact) mass is 285 g/mol. The molecule has 2 fully saturated rings. The third kappa shape index (κ3) is 2.31. The summed E-state index contributed by atoms with van der Waals surface area (Å²) in [5, 5.41) is 0.0133. The van der Waals surface area contributed by atoms with E-state index in [1.807, 2.05) is 0 Å². The number of furan rings is 1. The van der Waals surface area contributed by atoms with Crippen molar-refractivity contribution in [2.45, 2.75) is 30.5 Å². The molecule has 0 aromatic carbocycles. The molecular formula is C12H19N3O3S. The SMILES string of the molecule is NCc1ccc(S(=O)(=O)N2CCN3CCCC3C2)o1. The van der Waals surface area contributed by atoms with Crippen LogP contribution in [0.3, 0.4) is 0 Å². The third-order valence-corrected chi connectivity index (χ3v) is 5.72. The van der Waals surface area contributed by atoms with Crippen LogP contribution in [0.1, 0.15) is 18.6 Å². The summed E-state index contributed by atoms with van der Waals surface area (Å²) < 4.78 is 31.8. The van der Waals surface area contributed by atoms with E-state index in [1.165, 1.54) is 6.07 Å². The molecule has 7 heteroatoms. The first-order valence-electron chi connectivity index (χ1n) is 6.64. The van der Waals surface area contributed by atoms with Crippen LogP contribution in [-0.4, -0.2) is 49.8 Å². The van der Waals surface area contributed by atoms with Crippen LogP contribution in [0.2, 0.25) is 0 Å². The lowest BCUT2D eigenvalue weighted by Gasteiger charge is -2.36. The second-order valence-corrected chi connectivity index (χ2v) is 6.99. The Morgan fingerprint density at radius 1 is 1.32 bits per heavy atom. The van der Waals surface area contributed by atoms with Crippen LogP contribution in [0.5, 0.6) is 0 Å². The topological polar surface area (TPSA) is 79.8 Å². The van der Waals surface area contributed by atoms with Crippen molar-refractivity contribution in [2.24, 2.45) is 5.73 Å². The summed E-state index contributed by atoms with van der Waals surface area (Å²) in [6.07, 6.45) is 2.24. The highest BCUT2D eigenvalue weighted by atomic mass is 32.2. The van der Waals surface area contributed by atoms with Crippen molar-refractivity contribution in [3.8, 4) is 0 Å². The molecule has 106 valence electrons. The Hall–Kier alpha value is -0.890. The van der Waals surface area contributed by atoms with Gasteiger partial charge >= 0.3 is 0 Å². The highest BCUT2D eigenvalue weighted by Crippen LogP contribution is 2.26. The van der Waals surface area contributed by atoms with E-state index in [1.54, 1.807) is 10.4 Å². The summed E-state index contributed by atoms with van der Waals surface area (Å²) in [6, 6.07) is 3.49. The van der Waals surface area contributed by atoms with Gasteiger partial charge in [0.05, 0.1) is 6.54 Å². The normalized spacial score (nSPS) is 25.6. The van der Waals surface area contributed by atoms with Crippen molar-refractivity contribution < 1.29 is 12.8 Å². The molecule has 6 nitrogen and oxygen atoms in total. The highest BCUT2D eigenvalue weighted by Gasteiger charge is 2.37. The number of rotatable bonds is 3. The summed E-state index contributed by atoms with van der Waals surface area (Å²) in [7, 11) is -3.51. The Bertz CT molecular complexity index is 554. The molecule has 0 spiro atoms. The van der Waals surface area contributed by atoms with Gasteiger partial charge < -0.3 is 10.2 Å². The van der Waals surface area contributed by atoms with Crippen LogP contribution >= 0.6 is 0 Å². The molecule has 2 saturated heterocycles. The molecule has 0 bridgehead atoms. The van der Waals surface area contributed by atoms with E-state index in [2.05, 4.69) is 4.90 Å². The lowest BCUT2D eigenvalue weighted by Crippen LogP contribution is -2.51. The Morgan fingerprint density at radius 2 is 2.16 bits per heavy atom. The predicted octanol–water partition coefficient (Wildman–Crippen LogP) is 0.207. The minimum Gasteiger partial charge on any atom is -0.447 e. The van der Waals surface area contributed by atoms with Crippen molar-refractivity contribution in [3.05, 3.63) is 17.9 Å². The second kappa shape index (κ2) is 4.90. The molecule has 19 heavy (non-hydrogen) atoms. The number of fused-ring (bicyclic) bond motifs is 1. The van der Waals surface area contributed by atoms with Crippen molar-refractivity contribution in [1.29, 1.82) is 0 Å². The minimum atomic E-state index is -3.51. The number of nitrogens with two attached hydrogens (primary N) is 1. The summed E-state index contributed by atoms with van der Waals surface area (Å²) in [5.41, 5.74) is 5.45. The van der Waals surface area contributed by atoms with Gasteiger partial charge in [-0.05, 0) is 31.5 Å². The number of hydrogen-bond acceptors (Lipinski definition) is 5. The summed E-state index contributed by atoms with van der Waals surface area (Å²) >= 11 is 0. The fraction of sp³-hybridized carbons (Fsp3) is 0.667. The molecule has 3 heterocycles. The molecule has 2 aliphatic heterocycles. The summed E-state index contributed by atoms with van der Waals surface area (Å²) in [4.78, 5) is 2.37. The van der Waals surface area contributed by atoms with Crippen LogP contribution in [0.4, 0.5) is 0 Å². The summed E-state index contributed by atoms with van der Waals surface area (Å²) in [6.45, 7) is 3.23. The fourth-order valence-electron chi connectivity index (χ4n) is 2.91. The van der Waals surface area contributed by atoms with Gasteiger partial charge in [-0.25, -0.2) is 8.42 Å². The molecule has 0 saturated carbocycles. The van der Waals surface area contributed by atoms with Gasteiger partial charge in [0.1, 0.15) is 5.76 Å². The molecule has 1 aromatic heterocycles. The van der Waals surface area contributed by atoms with E-state index in [-0.39, 0.29) is 11.6 Å². The van der Waals surface area contributed by atoms with Gasteiger partial charge in [-0.1, -0.05) is 0 Å². The van der Waals surface area contributed by atoms with Gasteiger partial charge in [0.2, 0.25) is 5.09 Å². The number of piperazine rings is 1. The zero-order valence-corrected chi connectivity index (χ0v) is 11.6. The van der Waals surface area contributed by atoms with Gasteiger partial charge in [-0.2, -0.15) is 4.31 Å². The zero-order chi connectivity index (χ0) is 13.5. The van der Waals surface area contributed by atoms with E-state index in [9.17, 15) is 8.42 Å². The average Bonchev–Trinajstić information content (AvgIpc) is 3.06. The first-order chi connectivity index (χ1) is 9.11. The molecule has 2 aliphatic rings. The first kappa shape index (κ1) is 13.1. The maximum absolute atomic E-state index is 12.5. The maximum Gasteiger partial charge on any atom is 0.276 e. The predicted molar refractivity (Wildman–Crippen MR) is 70.0 cm³/mol. The van der Waals surface area contributed by atoms with Crippen molar-refractivity contribution in [2.75, 3.05) is 26.2 Å². The Morgan fingerprint density at radius 3 is 2.89 bits per heavy atom. The molecule has 3 rings (SSSR count). The molecule has 1 atom stereocenters. The van der Waals surface area contributed by atoms with Crippen LogP contribution in [0, 0.1) is 0 Å².